The highest BCUT2D eigenvalue weighted by Gasteiger charge is 2.41. The maximum atomic E-state index is 13.1. The van der Waals surface area contributed by atoms with Gasteiger partial charge in [-0.1, -0.05) is 54.1 Å². The number of anilines is 1. The molecule has 0 aliphatic carbocycles. The lowest BCUT2D eigenvalue weighted by atomic mass is 9.84. The maximum Gasteiger partial charge on any atom is 0.222 e. The zero-order valence-corrected chi connectivity index (χ0v) is 19.8. The number of para-hydroxylation sites is 1. The van der Waals surface area contributed by atoms with Crippen LogP contribution in [0.1, 0.15) is 30.4 Å². The number of methoxy groups -OCH3 is 1. The maximum absolute atomic E-state index is 13.1. The third kappa shape index (κ3) is 5.29. The predicted molar refractivity (Wildman–Crippen MR) is 134 cm³/mol. The molecule has 0 unspecified atom stereocenters. The van der Waals surface area contributed by atoms with Crippen LogP contribution >= 0.6 is 11.6 Å². The van der Waals surface area contributed by atoms with Gasteiger partial charge in [0.2, 0.25) is 5.91 Å². The summed E-state index contributed by atoms with van der Waals surface area (Å²) in [5.41, 5.74) is 3.12. The van der Waals surface area contributed by atoms with E-state index in [0.717, 1.165) is 22.6 Å². The molecule has 1 heterocycles. The van der Waals surface area contributed by atoms with Gasteiger partial charge in [-0.05, 0) is 47.5 Å². The Hall–Kier alpha value is -3.64. The average Bonchev–Trinajstić information content (AvgIpc) is 3.23. The minimum absolute atomic E-state index is 0.120. The van der Waals surface area contributed by atoms with Gasteiger partial charge in [-0.3, -0.25) is 14.6 Å². The summed E-state index contributed by atoms with van der Waals surface area (Å²) in [5, 5.41) is 10.1. The van der Waals surface area contributed by atoms with E-state index in [9.17, 15) is 9.59 Å². The largest absolute Gasteiger partial charge is 0.497 e. The van der Waals surface area contributed by atoms with Gasteiger partial charge in [-0.15, -0.1) is 0 Å². The number of Topliss-reactive ketones (excluding diaryl/α,β-unsaturated/α-hetero) is 1. The molecule has 7 heteroatoms. The van der Waals surface area contributed by atoms with Crippen LogP contribution in [0.5, 0.6) is 5.75 Å². The van der Waals surface area contributed by atoms with Crippen molar-refractivity contribution < 1.29 is 14.3 Å². The normalized spacial score (nSPS) is 17.3. The summed E-state index contributed by atoms with van der Waals surface area (Å²) >= 11 is 5.95. The van der Waals surface area contributed by atoms with Crippen molar-refractivity contribution in [1.29, 1.82) is 0 Å². The molecule has 0 fully saturated rings. The molecule has 0 saturated carbocycles. The number of ether oxygens (including phenoxy) is 1. The Morgan fingerprint density at radius 2 is 1.68 bits per heavy atom. The van der Waals surface area contributed by atoms with E-state index in [1.807, 2.05) is 66.7 Å². The second-order valence-electron chi connectivity index (χ2n) is 8.15. The van der Waals surface area contributed by atoms with Crippen LogP contribution in [-0.4, -0.2) is 30.6 Å². The second-order valence-corrected chi connectivity index (χ2v) is 8.58. The first-order valence-electron chi connectivity index (χ1n) is 11.0. The van der Waals surface area contributed by atoms with Crippen LogP contribution in [0.15, 0.2) is 84.0 Å². The van der Waals surface area contributed by atoms with Crippen molar-refractivity contribution in [1.82, 2.24) is 5.32 Å². The molecule has 1 amide bonds. The zero-order chi connectivity index (χ0) is 24.1. The lowest BCUT2D eigenvalue weighted by Gasteiger charge is -2.28. The number of hydrogen-bond acceptors (Lipinski definition) is 5. The van der Waals surface area contributed by atoms with Gasteiger partial charge in [0.25, 0.3) is 0 Å². The van der Waals surface area contributed by atoms with E-state index in [-0.39, 0.29) is 30.1 Å². The van der Waals surface area contributed by atoms with Gasteiger partial charge in [0.05, 0.1) is 31.2 Å². The molecule has 4 rings (SSSR count). The number of benzene rings is 3. The van der Waals surface area contributed by atoms with Crippen molar-refractivity contribution in [2.24, 2.45) is 5.10 Å². The van der Waals surface area contributed by atoms with Crippen LogP contribution in [0.3, 0.4) is 0 Å². The second kappa shape index (κ2) is 10.5. The summed E-state index contributed by atoms with van der Waals surface area (Å²) in [7, 11) is 1.61. The van der Waals surface area contributed by atoms with E-state index in [2.05, 4.69) is 5.32 Å². The van der Waals surface area contributed by atoms with E-state index in [4.69, 9.17) is 21.4 Å². The molecule has 3 aromatic carbocycles. The number of rotatable bonds is 8. The fraction of sp³-hybridized carbons (Fsp3) is 0.222. The van der Waals surface area contributed by atoms with Gasteiger partial charge in [0, 0.05) is 18.5 Å². The quantitative estimate of drug-likeness (QED) is 0.499. The van der Waals surface area contributed by atoms with E-state index in [0.29, 0.717) is 17.3 Å². The van der Waals surface area contributed by atoms with Gasteiger partial charge in [0.15, 0.2) is 5.78 Å². The highest BCUT2D eigenvalue weighted by Crippen LogP contribution is 2.37. The Balaban J connectivity index is 1.62. The van der Waals surface area contributed by atoms with E-state index < -0.39 is 0 Å². The number of carbonyl (C=O) groups is 2. The van der Waals surface area contributed by atoms with Gasteiger partial charge in [0.1, 0.15) is 11.5 Å². The molecule has 1 aliphatic heterocycles. The number of carbonyl (C=O) groups excluding carboxylic acids is 2. The summed E-state index contributed by atoms with van der Waals surface area (Å²) in [6, 6.07) is 24.2. The lowest BCUT2D eigenvalue weighted by molar-refractivity contribution is -0.121. The zero-order valence-electron chi connectivity index (χ0n) is 19.1. The molecule has 0 bridgehead atoms. The third-order valence-electron chi connectivity index (χ3n) is 5.86. The standard InChI is InChI=1S/C27H26ClN3O3/c1-18(32)27-26(20-10-14-23(34-2)15-11-20)24(31(30-27)22-6-4-3-5-7-22)16-25(33)29-17-19-8-12-21(28)13-9-19/h3-15,24,26H,16-17H2,1-2H3,(H,29,33)/t24-,26-/m1/s1. The fourth-order valence-electron chi connectivity index (χ4n) is 4.16. The molecular formula is C27H26ClN3O3. The van der Waals surface area contributed by atoms with Crippen molar-refractivity contribution in [3.63, 3.8) is 0 Å². The molecule has 0 saturated heterocycles. The highest BCUT2D eigenvalue weighted by molar-refractivity contribution is 6.42. The molecule has 34 heavy (non-hydrogen) atoms. The number of hydrogen-bond donors (Lipinski definition) is 1. The average molecular weight is 476 g/mol. The number of ketones is 1. The minimum atomic E-state index is -0.361. The van der Waals surface area contributed by atoms with Gasteiger partial charge < -0.3 is 10.1 Å². The highest BCUT2D eigenvalue weighted by atomic mass is 35.5. The summed E-state index contributed by atoms with van der Waals surface area (Å²) in [6.45, 7) is 1.91. The molecule has 0 radical (unpaired) electrons. The van der Waals surface area contributed by atoms with Crippen LogP contribution in [0.2, 0.25) is 5.02 Å². The Bertz CT molecular complexity index is 1180. The Labute approximate surface area is 204 Å². The van der Waals surface area contributed by atoms with E-state index in [1.165, 1.54) is 6.92 Å². The number of nitrogens with one attached hydrogen (secondary N) is 1. The topological polar surface area (TPSA) is 71.0 Å². The first-order valence-corrected chi connectivity index (χ1v) is 11.4. The molecule has 1 N–H and O–H groups in total. The van der Waals surface area contributed by atoms with Crippen molar-refractivity contribution in [3.05, 3.63) is 95.0 Å². The van der Waals surface area contributed by atoms with Gasteiger partial charge >= 0.3 is 0 Å². The van der Waals surface area contributed by atoms with Crippen molar-refractivity contribution in [2.45, 2.75) is 31.8 Å². The van der Waals surface area contributed by atoms with Crippen LogP contribution in [0, 0.1) is 0 Å². The summed E-state index contributed by atoms with van der Waals surface area (Å²) < 4.78 is 5.29. The predicted octanol–water partition coefficient (Wildman–Crippen LogP) is 4.97. The van der Waals surface area contributed by atoms with Gasteiger partial charge in [-0.2, -0.15) is 5.10 Å². The third-order valence-corrected chi connectivity index (χ3v) is 6.11. The number of hydrazone groups is 1. The molecule has 2 atom stereocenters. The van der Waals surface area contributed by atoms with Crippen molar-refractivity contribution in [2.75, 3.05) is 12.1 Å². The smallest absolute Gasteiger partial charge is 0.222 e. The van der Waals surface area contributed by atoms with E-state index in [1.54, 1.807) is 24.3 Å². The Morgan fingerprint density at radius 3 is 2.29 bits per heavy atom. The molecule has 0 spiro atoms. The molecular weight excluding hydrogens is 450 g/mol. The molecule has 0 aromatic heterocycles. The SMILES string of the molecule is COc1ccc([C@H]2C(C(C)=O)=NN(c3ccccc3)[C@@H]2CC(=O)NCc2ccc(Cl)cc2)cc1. The molecule has 6 nitrogen and oxygen atoms in total. The van der Waals surface area contributed by atoms with Crippen LogP contribution < -0.4 is 15.1 Å². The van der Waals surface area contributed by atoms with Crippen molar-refractivity contribution in [3.8, 4) is 5.75 Å². The Morgan fingerprint density at radius 1 is 1.00 bits per heavy atom. The lowest BCUT2D eigenvalue weighted by Crippen LogP contribution is -2.38. The van der Waals surface area contributed by atoms with Crippen LogP contribution in [-0.2, 0) is 16.1 Å². The first kappa shape index (κ1) is 23.5. The van der Waals surface area contributed by atoms with Crippen LogP contribution in [0.4, 0.5) is 5.69 Å². The molecule has 3 aromatic rings. The fourth-order valence-corrected chi connectivity index (χ4v) is 4.28. The molecule has 1 aliphatic rings. The monoisotopic (exact) mass is 475 g/mol. The summed E-state index contributed by atoms with van der Waals surface area (Å²) in [5.74, 6) is 0.121. The summed E-state index contributed by atoms with van der Waals surface area (Å²) in [6.07, 6.45) is 0.166. The minimum Gasteiger partial charge on any atom is -0.497 e. The van der Waals surface area contributed by atoms with Crippen molar-refractivity contribution >= 4 is 34.7 Å². The first-order chi connectivity index (χ1) is 16.5. The summed E-state index contributed by atoms with van der Waals surface area (Å²) in [4.78, 5) is 25.7. The number of nitrogens with zero attached hydrogens (tertiary/aromatic N) is 2. The van der Waals surface area contributed by atoms with Crippen LogP contribution in [0.25, 0.3) is 0 Å². The number of halogens is 1. The molecule has 174 valence electrons. The van der Waals surface area contributed by atoms with E-state index >= 15 is 0 Å². The van der Waals surface area contributed by atoms with Gasteiger partial charge in [-0.25, -0.2) is 0 Å². The number of amides is 1. The Kier molecular flexibility index (Phi) is 7.28.